The summed E-state index contributed by atoms with van der Waals surface area (Å²) in [5.41, 5.74) is -0.514. The Morgan fingerprint density at radius 3 is 2.35 bits per heavy atom. The molecule has 20 heavy (non-hydrogen) atoms. The van der Waals surface area contributed by atoms with Crippen LogP contribution >= 0.6 is 0 Å². The van der Waals surface area contributed by atoms with E-state index < -0.39 is 17.4 Å². The van der Waals surface area contributed by atoms with E-state index in [4.69, 9.17) is 0 Å². The fourth-order valence-electron chi connectivity index (χ4n) is 2.88. The highest BCUT2D eigenvalue weighted by molar-refractivity contribution is 5.83. The van der Waals surface area contributed by atoms with Gasteiger partial charge >= 0.3 is 12.0 Å². The average molecular weight is 284 g/mol. The molecule has 1 aliphatic carbocycles. The fourth-order valence-corrected chi connectivity index (χ4v) is 2.88. The van der Waals surface area contributed by atoms with E-state index in [2.05, 4.69) is 17.6 Å². The molecule has 1 rings (SSSR count). The van der Waals surface area contributed by atoms with Crippen molar-refractivity contribution in [3.05, 3.63) is 0 Å². The van der Waals surface area contributed by atoms with Crippen LogP contribution in [0.1, 0.15) is 59.8 Å². The van der Waals surface area contributed by atoms with Crippen LogP contribution in [0.25, 0.3) is 0 Å². The minimum absolute atomic E-state index is 0.170. The minimum Gasteiger partial charge on any atom is -0.480 e. The van der Waals surface area contributed by atoms with Crippen LogP contribution in [0.2, 0.25) is 0 Å². The number of aliphatic carboxylic acids is 1. The van der Waals surface area contributed by atoms with Crippen molar-refractivity contribution in [1.29, 1.82) is 0 Å². The predicted molar refractivity (Wildman–Crippen MR) is 78.6 cm³/mol. The van der Waals surface area contributed by atoms with Crippen molar-refractivity contribution in [2.75, 3.05) is 0 Å². The molecule has 2 unspecified atom stereocenters. The van der Waals surface area contributed by atoms with Crippen LogP contribution in [0.4, 0.5) is 4.79 Å². The summed E-state index contributed by atoms with van der Waals surface area (Å²) in [7, 11) is 0. The van der Waals surface area contributed by atoms with Crippen LogP contribution in [0, 0.1) is 11.3 Å². The molecular formula is C15H28N2O3. The molecular weight excluding hydrogens is 256 g/mol. The Labute approximate surface area is 121 Å². The van der Waals surface area contributed by atoms with Crippen molar-refractivity contribution in [2.45, 2.75) is 71.9 Å². The number of amides is 2. The van der Waals surface area contributed by atoms with Gasteiger partial charge in [0.15, 0.2) is 0 Å². The van der Waals surface area contributed by atoms with E-state index in [9.17, 15) is 14.7 Å². The molecule has 0 heterocycles. The van der Waals surface area contributed by atoms with Gasteiger partial charge in [-0.05, 0) is 24.2 Å². The van der Waals surface area contributed by atoms with Gasteiger partial charge in [-0.1, -0.05) is 47.0 Å². The van der Waals surface area contributed by atoms with E-state index in [1.54, 1.807) is 0 Å². The van der Waals surface area contributed by atoms with Crippen molar-refractivity contribution >= 4 is 12.0 Å². The first kappa shape index (κ1) is 16.8. The summed E-state index contributed by atoms with van der Waals surface area (Å²) in [4.78, 5) is 23.3. The van der Waals surface area contributed by atoms with E-state index in [0.717, 1.165) is 25.7 Å². The van der Waals surface area contributed by atoms with Crippen LogP contribution in [-0.2, 0) is 4.79 Å². The highest BCUT2D eigenvalue weighted by atomic mass is 16.4. The van der Waals surface area contributed by atoms with Crippen LogP contribution < -0.4 is 10.6 Å². The quantitative estimate of drug-likeness (QED) is 0.742. The monoisotopic (exact) mass is 284 g/mol. The zero-order chi connectivity index (χ0) is 15.3. The molecule has 0 aliphatic heterocycles. The second kappa shape index (κ2) is 6.95. The van der Waals surface area contributed by atoms with Gasteiger partial charge in [-0.2, -0.15) is 0 Å². The van der Waals surface area contributed by atoms with E-state index in [1.807, 2.05) is 20.8 Å². The third-order valence-corrected chi connectivity index (χ3v) is 4.14. The third kappa shape index (κ3) is 4.69. The van der Waals surface area contributed by atoms with Crippen LogP contribution in [0.3, 0.4) is 0 Å². The molecule has 116 valence electrons. The maximum absolute atomic E-state index is 12.0. The van der Waals surface area contributed by atoms with E-state index in [-0.39, 0.29) is 12.1 Å². The molecule has 1 fully saturated rings. The van der Waals surface area contributed by atoms with E-state index in [1.165, 1.54) is 6.42 Å². The largest absolute Gasteiger partial charge is 0.480 e. The number of carbonyl (C=O) groups is 2. The maximum atomic E-state index is 12.0. The molecule has 0 aromatic heterocycles. The summed E-state index contributed by atoms with van der Waals surface area (Å²) in [6, 6.07) is -1.08. The molecule has 0 aromatic rings. The number of carboxylic acid groups (broad SMARTS) is 1. The van der Waals surface area contributed by atoms with Gasteiger partial charge in [-0.3, -0.25) is 0 Å². The first-order chi connectivity index (χ1) is 9.25. The highest BCUT2D eigenvalue weighted by Gasteiger charge is 2.33. The lowest BCUT2D eigenvalue weighted by Gasteiger charge is -2.33. The third-order valence-electron chi connectivity index (χ3n) is 4.14. The summed E-state index contributed by atoms with van der Waals surface area (Å²) < 4.78 is 0. The lowest BCUT2D eigenvalue weighted by Crippen LogP contribution is -2.55. The minimum atomic E-state index is -0.997. The first-order valence-electron chi connectivity index (χ1n) is 7.55. The molecule has 3 N–H and O–H groups in total. The Balaban J connectivity index is 2.59. The first-order valence-corrected chi connectivity index (χ1v) is 7.55. The summed E-state index contributed by atoms with van der Waals surface area (Å²) in [5.74, 6) is -0.490. The Morgan fingerprint density at radius 1 is 1.25 bits per heavy atom. The van der Waals surface area contributed by atoms with Crippen molar-refractivity contribution in [3.8, 4) is 0 Å². The van der Waals surface area contributed by atoms with Crippen LogP contribution in [0.15, 0.2) is 0 Å². The Bertz CT molecular complexity index is 350. The number of hydrogen-bond acceptors (Lipinski definition) is 2. The zero-order valence-electron chi connectivity index (χ0n) is 13.0. The number of carbonyl (C=O) groups excluding carboxylic acids is 1. The number of hydrogen-bond donors (Lipinski definition) is 3. The molecule has 2 amide bonds. The predicted octanol–water partition coefficient (Wildman–Crippen LogP) is 2.75. The van der Waals surface area contributed by atoms with Gasteiger partial charge in [-0.15, -0.1) is 0 Å². The van der Waals surface area contributed by atoms with Gasteiger partial charge in [0, 0.05) is 6.04 Å². The molecule has 1 aliphatic rings. The molecule has 5 nitrogen and oxygen atoms in total. The van der Waals surface area contributed by atoms with Gasteiger partial charge in [0.25, 0.3) is 0 Å². The average Bonchev–Trinajstić information content (AvgIpc) is 2.35. The smallest absolute Gasteiger partial charge is 0.326 e. The van der Waals surface area contributed by atoms with Crippen molar-refractivity contribution < 1.29 is 14.7 Å². The van der Waals surface area contributed by atoms with Gasteiger partial charge in [0.1, 0.15) is 6.04 Å². The molecule has 0 aromatic carbocycles. The lowest BCUT2D eigenvalue weighted by molar-refractivity contribution is -0.141. The van der Waals surface area contributed by atoms with E-state index >= 15 is 0 Å². The second-order valence-corrected chi connectivity index (χ2v) is 6.81. The molecule has 0 radical (unpaired) electrons. The van der Waals surface area contributed by atoms with Gasteiger partial charge in [0.2, 0.25) is 0 Å². The summed E-state index contributed by atoms with van der Waals surface area (Å²) in [5, 5.41) is 14.8. The summed E-state index contributed by atoms with van der Waals surface area (Å²) in [6.07, 6.45) is 5.52. The highest BCUT2D eigenvalue weighted by Crippen LogP contribution is 2.27. The van der Waals surface area contributed by atoms with Gasteiger partial charge in [-0.25, -0.2) is 9.59 Å². The molecule has 0 bridgehead atoms. The number of carboxylic acids is 1. The maximum Gasteiger partial charge on any atom is 0.326 e. The normalized spacial score (nSPS) is 24.8. The zero-order valence-corrected chi connectivity index (χ0v) is 13.0. The number of urea groups is 1. The van der Waals surface area contributed by atoms with Gasteiger partial charge < -0.3 is 15.7 Å². The van der Waals surface area contributed by atoms with Crippen LogP contribution in [0.5, 0.6) is 0 Å². The van der Waals surface area contributed by atoms with Crippen molar-refractivity contribution in [2.24, 2.45) is 11.3 Å². The Kier molecular flexibility index (Phi) is 5.84. The number of nitrogens with one attached hydrogen (secondary N) is 2. The molecule has 5 heteroatoms. The molecule has 0 spiro atoms. The molecule has 3 atom stereocenters. The van der Waals surface area contributed by atoms with Crippen LogP contribution in [-0.4, -0.2) is 29.2 Å². The topological polar surface area (TPSA) is 78.4 Å². The number of rotatable bonds is 4. The Morgan fingerprint density at radius 2 is 1.85 bits per heavy atom. The summed E-state index contributed by atoms with van der Waals surface area (Å²) in [6.45, 7) is 7.56. The van der Waals surface area contributed by atoms with E-state index in [0.29, 0.717) is 5.92 Å². The van der Waals surface area contributed by atoms with Crippen molar-refractivity contribution in [1.82, 2.24) is 10.6 Å². The lowest BCUT2D eigenvalue weighted by atomic mass is 9.83. The van der Waals surface area contributed by atoms with Crippen molar-refractivity contribution in [3.63, 3.8) is 0 Å². The fraction of sp³-hybridized carbons (Fsp3) is 0.867. The standard InChI is InChI=1S/C15H28N2O3/c1-5-10-8-6-7-9-11(10)16-14(20)17-12(13(18)19)15(2,3)4/h10-12H,5-9H2,1-4H3,(H,18,19)(H2,16,17,20)/t10?,11?,12-/m0/s1. The molecule has 1 saturated carbocycles. The summed E-state index contributed by atoms with van der Waals surface area (Å²) >= 11 is 0. The second-order valence-electron chi connectivity index (χ2n) is 6.81. The SMILES string of the molecule is CCC1CCCCC1NC(=O)N[C@@H](C(=O)O)C(C)(C)C. The van der Waals surface area contributed by atoms with Gasteiger partial charge in [0.05, 0.1) is 0 Å². The molecule has 0 saturated heterocycles. The Hall–Kier alpha value is -1.26.